The number of carboxylic acids is 1. The molecule has 0 radical (unpaired) electrons. The van der Waals surface area contributed by atoms with Gasteiger partial charge in [0.2, 0.25) is 5.91 Å². The molecule has 0 aromatic heterocycles. The molecule has 5 nitrogen and oxygen atoms in total. The molecule has 6 heteroatoms. The third-order valence-electron chi connectivity index (χ3n) is 3.79. The number of hydrogen-bond acceptors (Lipinski definition) is 3. The second kappa shape index (κ2) is 5.83. The first-order valence-electron chi connectivity index (χ1n) is 6.49. The molecule has 0 spiro atoms. The quantitative estimate of drug-likeness (QED) is 0.883. The zero-order valence-corrected chi connectivity index (χ0v) is 12.8. The summed E-state index contributed by atoms with van der Waals surface area (Å²) < 4.78 is 0.717. The first-order chi connectivity index (χ1) is 9.40. The van der Waals surface area contributed by atoms with Crippen LogP contribution in [0.2, 0.25) is 0 Å². The van der Waals surface area contributed by atoms with Crippen molar-refractivity contribution in [1.82, 2.24) is 0 Å². The number of carboxylic acid groups (broad SMARTS) is 1. The highest BCUT2D eigenvalue weighted by molar-refractivity contribution is 9.10. The van der Waals surface area contributed by atoms with Crippen LogP contribution in [-0.2, 0) is 4.79 Å². The molecule has 1 aliphatic rings. The molecular formula is C14H17BrN2O3. The molecule has 108 valence electrons. The van der Waals surface area contributed by atoms with Crippen molar-refractivity contribution in [3.8, 4) is 0 Å². The summed E-state index contributed by atoms with van der Waals surface area (Å²) in [4.78, 5) is 24.4. The minimum atomic E-state index is -0.959. The molecule has 0 bridgehead atoms. The average Bonchev–Trinajstić information content (AvgIpc) is 2.39. The standard InChI is InChI=1S/C14H17BrN2O3/c1-8-2-3-10(13(16)18)7-17(8)12-5-4-9(14(19)20)6-11(12)15/h4-6,8,10H,2-3,7H2,1H3,(H2,16,18)(H,19,20). The maximum atomic E-state index is 11.4. The fourth-order valence-corrected chi connectivity index (χ4v) is 3.15. The van der Waals surface area contributed by atoms with Gasteiger partial charge < -0.3 is 15.7 Å². The molecule has 1 heterocycles. The molecule has 1 fully saturated rings. The molecule has 1 saturated heterocycles. The van der Waals surface area contributed by atoms with E-state index in [-0.39, 0.29) is 23.4 Å². The molecule has 1 amide bonds. The first-order valence-corrected chi connectivity index (χ1v) is 7.28. The smallest absolute Gasteiger partial charge is 0.335 e. The topological polar surface area (TPSA) is 83.6 Å². The van der Waals surface area contributed by atoms with Gasteiger partial charge in [0.15, 0.2) is 0 Å². The van der Waals surface area contributed by atoms with E-state index in [1.54, 1.807) is 18.2 Å². The van der Waals surface area contributed by atoms with Gasteiger partial charge in [0.05, 0.1) is 17.2 Å². The number of nitrogens with zero attached hydrogens (tertiary/aromatic N) is 1. The van der Waals surface area contributed by atoms with Crippen molar-refractivity contribution in [2.24, 2.45) is 11.7 Å². The van der Waals surface area contributed by atoms with E-state index in [0.717, 1.165) is 23.0 Å². The summed E-state index contributed by atoms with van der Waals surface area (Å²) in [5.41, 5.74) is 6.53. The number of benzene rings is 1. The van der Waals surface area contributed by atoms with E-state index in [2.05, 4.69) is 27.8 Å². The molecule has 1 aliphatic heterocycles. The molecule has 1 aromatic carbocycles. The Morgan fingerprint density at radius 2 is 2.10 bits per heavy atom. The van der Waals surface area contributed by atoms with Crippen molar-refractivity contribution in [3.05, 3.63) is 28.2 Å². The lowest BCUT2D eigenvalue weighted by molar-refractivity contribution is -0.122. The number of rotatable bonds is 3. The highest BCUT2D eigenvalue weighted by Gasteiger charge is 2.29. The Morgan fingerprint density at radius 1 is 1.40 bits per heavy atom. The third kappa shape index (κ3) is 2.95. The Bertz CT molecular complexity index is 547. The van der Waals surface area contributed by atoms with Crippen LogP contribution >= 0.6 is 15.9 Å². The van der Waals surface area contributed by atoms with Gasteiger partial charge in [0.25, 0.3) is 0 Å². The second-order valence-corrected chi connectivity index (χ2v) is 6.00. The van der Waals surface area contributed by atoms with Crippen LogP contribution in [0.4, 0.5) is 5.69 Å². The molecule has 1 aromatic rings. The van der Waals surface area contributed by atoms with Crippen molar-refractivity contribution >= 4 is 33.5 Å². The van der Waals surface area contributed by atoms with E-state index in [1.807, 2.05) is 0 Å². The number of carbonyl (C=O) groups is 2. The Kier molecular flexibility index (Phi) is 4.32. The van der Waals surface area contributed by atoms with Crippen molar-refractivity contribution < 1.29 is 14.7 Å². The highest BCUT2D eigenvalue weighted by atomic mass is 79.9. The lowest BCUT2D eigenvalue weighted by Gasteiger charge is -2.39. The molecule has 2 unspecified atom stereocenters. The summed E-state index contributed by atoms with van der Waals surface area (Å²) in [5, 5.41) is 8.98. The van der Waals surface area contributed by atoms with Gasteiger partial charge in [0.1, 0.15) is 0 Å². The van der Waals surface area contributed by atoms with Crippen molar-refractivity contribution in [2.45, 2.75) is 25.8 Å². The lowest BCUT2D eigenvalue weighted by atomic mass is 9.92. The van der Waals surface area contributed by atoms with E-state index in [4.69, 9.17) is 10.8 Å². The summed E-state index contributed by atoms with van der Waals surface area (Å²) in [6.45, 7) is 2.66. The SMILES string of the molecule is CC1CCC(C(N)=O)CN1c1ccc(C(=O)O)cc1Br. The van der Waals surface area contributed by atoms with E-state index in [1.165, 1.54) is 0 Å². The predicted octanol–water partition coefficient (Wildman–Crippen LogP) is 2.24. The van der Waals surface area contributed by atoms with Gasteiger partial charge in [-0.05, 0) is 53.9 Å². The third-order valence-corrected chi connectivity index (χ3v) is 4.42. The molecule has 2 rings (SSSR count). The van der Waals surface area contributed by atoms with Crippen LogP contribution in [0.1, 0.15) is 30.1 Å². The van der Waals surface area contributed by atoms with Gasteiger partial charge in [-0.1, -0.05) is 0 Å². The number of primary amides is 1. The fraction of sp³-hybridized carbons (Fsp3) is 0.429. The Labute approximate surface area is 125 Å². The summed E-state index contributed by atoms with van der Waals surface area (Å²) in [6, 6.07) is 5.21. The normalized spacial score (nSPS) is 22.6. The van der Waals surface area contributed by atoms with Crippen LogP contribution < -0.4 is 10.6 Å². The van der Waals surface area contributed by atoms with E-state index in [0.29, 0.717) is 6.54 Å². The van der Waals surface area contributed by atoms with Crippen LogP contribution in [0.15, 0.2) is 22.7 Å². The number of carbonyl (C=O) groups excluding carboxylic acids is 1. The van der Waals surface area contributed by atoms with Crippen LogP contribution in [0.3, 0.4) is 0 Å². The molecule has 2 atom stereocenters. The summed E-state index contributed by atoms with van der Waals surface area (Å²) in [6.07, 6.45) is 1.69. The zero-order chi connectivity index (χ0) is 14.9. The maximum Gasteiger partial charge on any atom is 0.335 e. The van der Waals surface area contributed by atoms with Crippen LogP contribution in [0.25, 0.3) is 0 Å². The zero-order valence-electron chi connectivity index (χ0n) is 11.2. The van der Waals surface area contributed by atoms with Crippen LogP contribution in [0.5, 0.6) is 0 Å². The van der Waals surface area contributed by atoms with Gasteiger partial charge >= 0.3 is 5.97 Å². The molecule has 20 heavy (non-hydrogen) atoms. The number of aromatic carboxylic acids is 1. The maximum absolute atomic E-state index is 11.4. The van der Waals surface area contributed by atoms with Gasteiger partial charge in [-0.2, -0.15) is 0 Å². The second-order valence-electron chi connectivity index (χ2n) is 5.15. The van der Waals surface area contributed by atoms with E-state index >= 15 is 0 Å². The van der Waals surface area contributed by atoms with Crippen molar-refractivity contribution in [2.75, 3.05) is 11.4 Å². The number of hydrogen-bond donors (Lipinski definition) is 2. The number of nitrogens with two attached hydrogens (primary N) is 1. The minimum absolute atomic E-state index is 0.155. The van der Waals surface area contributed by atoms with Crippen molar-refractivity contribution in [1.29, 1.82) is 0 Å². The fourth-order valence-electron chi connectivity index (χ4n) is 2.55. The van der Waals surface area contributed by atoms with Crippen molar-refractivity contribution in [3.63, 3.8) is 0 Å². The van der Waals surface area contributed by atoms with Crippen LogP contribution in [0, 0.1) is 5.92 Å². The summed E-state index contributed by atoms with van der Waals surface area (Å²) in [5.74, 6) is -1.39. The largest absolute Gasteiger partial charge is 0.478 e. The van der Waals surface area contributed by atoms with Crippen LogP contribution in [-0.4, -0.2) is 29.6 Å². The number of piperidine rings is 1. The molecule has 0 aliphatic carbocycles. The number of amides is 1. The van der Waals surface area contributed by atoms with Gasteiger partial charge in [0, 0.05) is 17.1 Å². The molecule has 3 N–H and O–H groups in total. The Hall–Kier alpha value is -1.56. The minimum Gasteiger partial charge on any atom is -0.478 e. The monoisotopic (exact) mass is 340 g/mol. The van der Waals surface area contributed by atoms with E-state index < -0.39 is 5.97 Å². The Balaban J connectivity index is 2.29. The number of anilines is 1. The average molecular weight is 341 g/mol. The molecule has 0 saturated carbocycles. The predicted molar refractivity (Wildman–Crippen MR) is 79.8 cm³/mol. The van der Waals surface area contributed by atoms with Gasteiger partial charge in [-0.3, -0.25) is 4.79 Å². The molecular weight excluding hydrogens is 324 g/mol. The first kappa shape index (κ1) is 14.8. The summed E-state index contributed by atoms with van der Waals surface area (Å²) in [7, 11) is 0. The highest BCUT2D eigenvalue weighted by Crippen LogP contribution is 2.33. The Morgan fingerprint density at radius 3 is 2.65 bits per heavy atom. The van der Waals surface area contributed by atoms with E-state index in [9.17, 15) is 9.59 Å². The lowest BCUT2D eigenvalue weighted by Crippen LogP contribution is -2.46. The van der Waals surface area contributed by atoms with Gasteiger partial charge in [-0.25, -0.2) is 4.79 Å². The summed E-state index contributed by atoms with van der Waals surface area (Å²) >= 11 is 3.41. The van der Waals surface area contributed by atoms with Gasteiger partial charge in [-0.15, -0.1) is 0 Å². The number of halogens is 1.